The molecule has 0 aliphatic heterocycles. The van der Waals surface area contributed by atoms with Crippen LogP contribution in [0.3, 0.4) is 0 Å². The maximum Gasteiger partial charge on any atom is 0.416 e. The zero-order chi connectivity index (χ0) is 14.5. The van der Waals surface area contributed by atoms with Crippen LogP contribution in [0.25, 0.3) is 0 Å². The summed E-state index contributed by atoms with van der Waals surface area (Å²) in [5.41, 5.74) is -0.150. The van der Waals surface area contributed by atoms with E-state index in [-0.39, 0.29) is 30.8 Å². The lowest BCUT2D eigenvalue weighted by atomic mass is 10.1. The first-order valence-electron chi connectivity index (χ1n) is 5.93. The molecule has 20 heavy (non-hydrogen) atoms. The van der Waals surface area contributed by atoms with E-state index in [2.05, 4.69) is 10.6 Å². The molecular weight excluding hydrogens is 293 g/mol. The lowest BCUT2D eigenvalue weighted by Gasteiger charge is -2.11. The maximum atomic E-state index is 12.3. The van der Waals surface area contributed by atoms with Crippen molar-refractivity contribution in [1.29, 1.82) is 0 Å². The van der Waals surface area contributed by atoms with Crippen molar-refractivity contribution < 1.29 is 18.0 Å². The van der Waals surface area contributed by atoms with Gasteiger partial charge in [0.25, 0.3) is 0 Å². The highest BCUT2D eigenvalue weighted by Crippen LogP contribution is 2.29. The molecule has 1 aromatic carbocycles. The van der Waals surface area contributed by atoms with Crippen LogP contribution in [0.4, 0.5) is 13.2 Å². The second kappa shape index (κ2) is 8.11. The molecule has 7 heteroatoms. The molecule has 1 amide bonds. The number of hydrogen-bond donors (Lipinski definition) is 2. The molecule has 0 spiro atoms. The van der Waals surface area contributed by atoms with Gasteiger partial charge in [0.05, 0.1) is 12.0 Å². The average molecular weight is 311 g/mol. The summed E-state index contributed by atoms with van der Waals surface area (Å²) in [4.78, 5) is 11.6. The van der Waals surface area contributed by atoms with E-state index in [1.54, 1.807) is 7.05 Å². The minimum Gasteiger partial charge on any atom is -0.354 e. The van der Waals surface area contributed by atoms with Crippen LogP contribution in [-0.4, -0.2) is 25.5 Å². The first-order valence-corrected chi connectivity index (χ1v) is 5.93. The Hall–Kier alpha value is -1.27. The van der Waals surface area contributed by atoms with E-state index in [1.165, 1.54) is 12.1 Å². The third-order valence-corrected chi connectivity index (χ3v) is 2.74. The summed E-state index contributed by atoms with van der Waals surface area (Å²) in [5.74, 6) is -0.207. The number of rotatable bonds is 5. The molecule has 114 valence electrons. The number of carbonyl (C=O) groups is 1. The van der Waals surface area contributed by atoms with Crippen LogP contribution in [0.1, 0.15) is 18.1 Å². The number of benzene rings is 1. The highest BCUT2D eigenvalue weighted by Gasteiger charge is 2.29. The first kappa shape index (κ1) is 18.7. The molecule has 0 saturated heterocycles. The third kappa shape index (κ3) is 6.25. The van der Waals surface area contributed by atoms with Crippen molar-refractivity contribution >= 4 is 18.3 Å². The van der Waals surface area contributed by atoms with Gasteiger partial charge in [-0.1, -0.05) is 12.1 Å². The fraction of sp³-hybridized carbons (Fsp3) is 0.462. The molecular formula is C13H18ClF3N2O. The summed E-state index contributed by atoms with van der Waals surface area (Å²) in [6.45, 7) is 2.40. The first-order chi connectivity index (χ1) is 8.82. The molecule has 0 fully saturated rings. The summed E-state index contributed by atoms with van der Waals surface area (Å²) in [7, 11) is 1.78. The fourth-order valence-corrected chi connectivity index (χ4v) is 1.43. The summed E-state index contributed by atoms with van der Waals surface area (Å²) in [6, 6.07) is 4.77. The molecule has 0 aliphatic rings. The smallest absolute Gasteiger partial charge is 0.354 e. The number of alkyl halides is 3. The highest BCUT2D eigenvalue weighted by molar-refractivity contribution is 5.85. The second-order valence-electron chi connectivity index (χ2n) is 4.37. The van der Waals surface area contributed by atoms with Gasteiger partial charge in [0.2, 0.25) is 5.91 Å². The van der Waals surface area contributed by atoms with Crippen LogP contribution in [0.2, 0.25) is 0 Å². The Morgan fingerprint density at radius 2 is 1.80 bits per heavy atom. The molecule has 0 aromatic heterocycles. The molecule has 0 aliphatic carbocycles. The van der Waals surface area contributed by atoms with Crippen molar-refractivity contribution in [2.24, 2.45) is 0 Å². The highest BCUT2D eigenvalue weighted by atomic mass is 35.5. The number of hydrogen-bond acceptors (Lipinski definition) is 2. The number of carbonyl (C=O) groups excluding carboxylic acids is 1. The van der Waals surface area contributed by atoms with E-state index in [4.69, 9.17) is 0 Å². The van der Waals surface area contributed by atoms with Gasteiger partial charge >= 0.3 is 6.18 Å². The normalized spacial score (nSPS) is 12.4. The summed E-state index contributed by atoms with van der Waals surface area (Å²) in [6.07, 6.45) is -4.27. The van der Waals surface area contributed by atoms with Gasteiger partial charge < -0.3 is 10.6 Å². The van der Waals surface area contributed by atoms with Crippen molar-refractivity contribution in [3.63, 3.8) is 0 Å². The zero-order valence-electron chi connectivity index (χ0n) is 11.3. The Morgan fingerprint density at radius 3 is 2.25 bits per heavy atom. The monoisotopic (exact) mass is 310 g/mol. The van der Waals surface area contributed by atoms with Crippen molar-refractivity contribution in [3.8, 4) is 0 Å². The third-order valence-electron chi connectivity index (χ3n) is 2.74. The van der Waals surface area contributed by atoms with Crippen molar-refractivity contribution in [3.05, 3.63) is 35.4 Å². The number of nitrogens with one attached hydrogen (secondary N) is 2. The molecule has 1 unspecified atom stereocenters. The van der Waals surface area contributed by atoms with Gasteiger partial charge in [0.15, 0.2) is 0 Å². The van der Waals surface area contributed by atoms with Gasteiger partial charge in [0, 0.05) is 12.6 Å². The lowest BCUT2D eigenvalue weighted by Crippen LogP contribution is -2.37. The SMILES string of the molecule is CNC(C)CNC(=O)Cc1ccc(C(F)(F)F)cc1.Cl. The van der Waals surface area contributed by atoms with Gasteiger partial charge in [-0.05, 0) is 31.7 Å². The minimum absolute atomic E-state index is 0. The number of likely N-dealkylation sites (N-methyl/N-ethyl adjacent to an activating group) is 1. The molecule has 0 saturated carbocycles. The van der Waals surface area contributed by atoms with E-state index in [0.29, 0.717) is 12.1 Å². The van der Waals surface area contributed by atoms with Gasteiger partial charge in [-0.3, -0.25) is 4.79 Å². The quantitative estimate of drug-likeness (QED) is 0.877. The van der Waals surface area contributed by atoms with Crippen LogP contribution < -0.4 is 10.6 Å². The van der Waals surface area contributed by atoms with Gasteiger partial charge in [-0.15, -0.1) is 12.4 Å². The molecule has 0 radical (unpaired) electrons. The summed E-state index contributed by atoms with van der Waals surface area (Å²) >= 11 is 0. The second-order valence-corrected chi connectivity index (χ2v) is 4.37. The maximum absolute atomic E-state index is 12.3. The average Bonchev–Trinajstić information content (AvgIpc) is 2.35. The van der Waals surface area contributed by atoms with Crippen molar-refractivity contribution in [1.82, 2.24) is 10.6 Å². The molecule has 1 rings (SSSR count). The van der Waals surface area contributed by atoms with Crippen molar-refractivity contribution in [2.75, 3.05) is 13.6 Å². The molecule has 1 atom stereocenters. The topological polar surface area (TPSA) is 41.1 Å². The summed E-state index contributed by atoms with van der Waals surface area (Å²) in [5, 5.41) is 5.67. The van der Waals surface area contributed by atoms with Crippen LogP contribution in [-0.2, 0) is 17.4 Å². The van der Waals surface area contributed by atoms with Crippen LogP contribution in [0, 0.1) is 0 Å². The van der Waals surface area contributed by atoms with Crippen molar-refractivity contribution in [2.45, 2.75) is 25.6 Å². The standard InChI is InChI=1S/C13H17F3N2O.ClH/c1-9(17-2)8-18-12(19)7-10-3-5-11(6-4-10)13(14,15)16;/h3-6,9,17H,7-8H2,1-2H3,(H,18,19);1H. The Bertz CT molecular complexity index is 421. The molecule has 1 aromatic rings. The fourth-order valence-electron chi connectivity index (χ4n) is 1.43. The van der Waals surface area contributed by atoms with E-state index in [0.717, 1.165) is 12.1 Å². The molecule has 3 nitrogen and oxygen atoms in total. The largest absolute Gasteiger partial charge is 0.416 e. The van der Waals surface area contributed by atoms with Crippen LogP contribution in [0.5, 0.6) is 0 Å². The number of amides is 1. The zero-order valence-corrected chi connectivity index (χ0v) is 12.1. The predicted octanol–water partition coefficient (Wildman–Crippen LogP) is 2.39. The number of halogens is 4. The molecule has 0 heterocycles. The molecule has 0 bridgehead atoms. The lowest BCUT2D eigenvalue weighted by molar-refractivity contribution is -0.137. The van der Waals surface area contributed by atoms with Crippen LogP contribution >= 0.6 is 12.4 Å². The Labute approximate surface area is 122 Å². The van der Waals surface area contributed by atoms with Gasteiger partial charge in [0.1, 0.15) is 0 Å². The Morgan fingerprint density at radius 1 is 1.25 bits per heavy atom. The molecule has 2 N–H and O–H groups in total. The predicted molar refractivity (Wildman–Crippen MR) is 73.9 cm³/mol. The van der Waals surface area contributed by atoms with E-state index < -0.39 is 11.7 Å². The van der Waals surface area contributed by atoms with Gasteiger partial charge in [-0.2, -0.15) is 13.2 Å². The van der Waals surface area contributed by atoms with Crippen LogP contribution in [0.15, 0.2) is 24.3 Å². The Kier molecular flexibility index (Phi) is 7.60. The minimum atomic E-state index is -4.34. The van der Waals surface area contributed by atoms with E-state index >= 15 is 0 Å². The summed E-state index contributed by atoms with van der Waals surface area (Å²) < 4.78 is 37.0. The Balaban J connectivity index is 0.00000361. The van der Waals surface area contributed by atoms with Gasteiger partial charge in [-0.25, -0.2) is 0 Å². The van der Waals surface area contributed by atoms with E-state index in [9.17, 15) is 18.0 Å². The van der Waals surface area contributed by atoms with E-state index in [1.807, 2.05) is 6.92 Å².